The predicted octanol–water partition coefficient (Wildman–Crippen LogP) is -8.60. The van der Waals surface area contributed by atoms with Gasteiger partial charge in [-0.3, -0.25) is 0 Å². The summed E-state index contributed by atoms with van der Waals surface area (Å²) in [6.07, 6.45) is 0. The molecule has 0 heterocycles. The summed E-state index contributed by atoms with van der Waals surface area (Å²) in [5, 5.41) is 0. The van der Waals surface area contributed by atoms with Crippen LogP contribution in [0, 0.1) is 0 Å². The normalized spacial score (nSPS) is 8.57. The van der Waals surface area contributed by atoms with Crippen LogP contribution in [0.3, 0.4) is 0 Å². The molecule has 4 N–H and O–H groups in total. The number of hydrogen-bond acceptors (Lipinski definition) is 4. The molecule has 0 bridgehead atoms. The molecule has 0 fully saturated rings. The van der Waals surface area contributed by atoms with Gasteiger partial charge in [-0.05, 0) is 0 Å². The first-order valence-corrected chi connectivity index (χ1v) is 2.68. The molecule has 0 atom stereocenters. The molecule has 4 nitrogen and oxygen atoms in total. The maximum Gasteiger partial charge on any atom is 1.00 e. The molecule has 7 heavy (non-hydrogen) atoms. The maximum atomic E-state index is 7.33. The molecule has 0 aliphatic heterocycles. The summed E-state index contributed by atoms with van der Waals surface area (Å²) in [7, 11) is -4.61. The first kappa shape index (κ1) is 15.6. The summed E-state index contributed by atoms with van der Waals surface area (Å²) in [5.41, 5.74) is 0. The Morgan fingerprint density at radius 2 is 0.857 bits per heavy atom. The van der Waals surface area contributed by atoms with Gasteiger partial charge in [0.15, 0.2) is 0 Å². The molecule has 0 saturated heterocycles. The fourth-order valence-corrected chi connectivity index (χ4v) is 0. The summed E-state index contributed by atoms with van der Waals surface area (Å²) in [6, 6.07) is 0. The zero-order valence-corrected chi connectivity index (χ0v) is 4.67. The summed E-state index contributed by atoms with van der Waals surface area (Å²) in [4.78, 5) is 29.3. The van der Waals surface area contributed by atoms with E-state index in [4.69, 9.17) is 19.2 Å². The number of halogens is 1. The Morgan fingerprint density at radius 1 is 0.857 bits per heavy atom. The summed E-state index contributed by atoms with van der Waals surface area (Å²) >= 11 is 0. The Bertz CT molecular complexity index is 27.2. The van der Waals surface area contributed by atoms with Crippen molar-refractivity contribution in [1.82, 2.24) is 0 Å². The number of rotatable bonds is 0. The third-order valence-electron chi connectivity index (χ3n) is 0. The van der Waals surface area contributed by atoms with Crippen molar-refractivity contribution in [3.63, 3.8) is 0 Å². The molecule has 0 aliphatic rings. The molecular weight excluding hydrogens is 118 g/mol. The van der Waals surface area contributed by atoms with E-state index in [1.54, 1.807) is 0 Å². The first-order chi connectivity index (χ1) is 2.00. The van der Waals surface area contributed by atoms with Crippen LogP contribution in [0.25, 0.3) is 0 Å². The van der Waals surface area contributed by atoms with E-state index < -0.39 is 9.05 Å². The predicted molar refractivity (Wildman–Crippen MR) is 14.6 cm³/mol. The third kappa shape index (κ3) is 405. The van der Waals surface area contributed by atoms with E-state index in [1.165, 1.54) is 0 Å². The van der Waals surface area contributed by atoms with Crippen LogP contribution in [0.15, 0.2) is 0 Å². The fraction of sp³-hybridized carbons (Fsp3) is 0. The summed E-state index contributed by atoms with van der Waals surface area (Å²) < 4.78 is 0. The Labute approximate surface area is 52.5 Å². The average molecular weight is 122 g/mol. The van der Waals surface area contributed by atoms with Crippen LogP contribution < -0.4 is 23.6 Å². The third-order valence-corrected chi connectivity index (χ3v) is 0. The summed E-state index contributed by atoms with van der Waals surface area (Å²) in [5.74, 6) is 0. The van der Waals surface area contributed by atoms with E-state index in [0.29, 0.717) is 0 Å². The molecule has 0 aromatic rings. The van der Waals surface area contributed by atoms with Crippen molar-refractivity contribution in [2.75, 3.05) is 0 Å². The van der Waals surface area contributed by atoms with Crippen LogP contribution in [0.5, 0.6) is 0 Å². The maximum absolute atomic E-state index is 7.33. The Balaban J connectivity index is -0.0000000800. The van der Waals surface area contributed by atoms with E-state index in [2.05, 4.69) is 0 Å². The van der Waals surface area contributed by atoms with Gasteiger partial charge in [-0.2, -0.15) is 0 Å². The molecule has 0 radical (unpaired) electrons. The van der Waals surface area contributed by atoms with Crippen LogP contribution in [0.4, 0.5) is 0 Å². The average Bonchev–Trinajstić information content (AvgIpc) is 0.722. The quantitative estimate of drug-likeness (QED) is 0.240. The molecule has 0 aromatic carbocycles. The van der Waals surface area contributed by atoms with Crippen LogP contribution in [-0.4, -0.2) is 28.2 Å². The van der Waals surface area contributed by atoms with Gasteiger partial charge in [0.2, 0.25) is 0 Å². The van der Waals surface area contributed by atoms with Gasteiger partial charge >= 0.3 is 27.9 Å². The van der Waals surface area contributed by atoms with Gasteiger partial charge in [0, 0.05) is 0 Å². The second-order valence-electron chi connectivity index (χ2n) is 0.600. The number of hydrogen-bond donors (Lipinski definition) is 4. The van der Waals surface area contributed by atoms with Gasteiger partial charge in [-0.15, -0.1) is 0 Å². The topological polar surface area (TPSA) is 80.9 Å². The molecule has 0 unspecified atom stereocenters. The molecule has 0 saturated carbocycles. The van der Waals surface area contributed by atoms with E-state index in [-0.39, 0.29) is 23.6 Å². The van der Waals surface area contributed by atoms with Gasteiger partial charge < -0.3 is 23.9 Å². The monoisotopic (exact) mass is 122 g/mol. The SMILES string of the molecule is O[Si](O)(O)O.[F-].[Li+]. The minimum Gasteiger partial charge on any atom is -1.00 e. The molecule has 0 amide bonds. The van der Waals surface area contributed by atoms with Crippen molar-refractivity contribution < 1.29 is 42.7 Å². The van der Waals surface area contributed by atoms with Crippen molar-refractivity contribution in [2.24, 2.45) is 0 Å². The molecule has 40 valence electrons. The minimum absolute atomic E-state index is 0. The largest absolute Gasteiger partial charge is 1.00 e. The van der Waals surface area contributed by atoms with Crippen LogP contribution >= 0.6 is 0 Å². The second-order valence-corrected chi connectivity index (χ2v) is 1.80. The molecular formula is H4FLiO4Si. The molecule has 0 spiro atoms. The van der Waals surface area contributed by atoms with Gasteiger partial charge in [0.05, 0.1) is 0 Å². The van der Waals surface area contributed by atoms with Crippen LogP contribution in [-0.2, 0) is 0 Å². The van der Waals surface area contributed by atoms with Crippen LogP contribution in [0.2, 0.25) is 0 Å². The van der Waals surface area contributed by atoms with Gasteiger partial charge in [-0.25, -0.2) is 0 Å². The zero-order valence-electron chi connectivity index (χ0n) is 3.67. The van der Waals surface area contributed by atoms with E-state index in [1.807, 2.05) is 0 Å². The van der Waals surface area contributed by atoms with E-state index in [9.17, 15) is 0 Å². The second kappa shape index (κ2) is 4.74. The standard InChI is InChI=1S/FH.Li.H4O4Si/c;;1-5(2,3)4/h1H;;1-4H/q;+1;/p-1. The smallest absolute Gasteiger partial charge is 1.00 e. The summed E-state index contributed by atoms with van der Waals surface area (Å²) in [6.45, 7) is 0. The molecule has 7 heteroatoms. The minimum atomic E-state index is -4.61. The van der Waals surface area contributed by atoms with Crippen molar-refractivity contribution in [1.29, 1.82) is 0 Å². The first-order valence-electron chi connectivity index (χ1n) is 0.894. The Kier molecular flexibility index (Phi) is 10.6. The van der Waals surface area contributed by atoms with Gasteiger partial charge in [0.25, 0.3) is 0 Å². The Morgan fingerprint density at radius 3 is 0.857 bits per heavy atom. The van der Waals surface area contributed by atoms with Crippen molar-refractivity contribution >= 4 is 9.05 Å². The van der Waals surface area contributed by atoms with E-state index >= 15 is 0 Å². The van der Waals surface area contributed by atoms with E-state index in [0.717, 1.165) is 0 Å². The Hall–Kier alpha value is 0.584. The van der Waals surface area contributed by atoms with Crippen molar-refractivity contribution in [3.8, 4) is 0 Å². The van der Waals surface area contributed by atoms with Gasteiger partial charge in [0.1, 0.15) is 0 Å². The van der Waals surface area contributed by atoms with Crippen molar-refractivity contribution in [3.05, 3.63) is 0 Å². The van der Waals surface area contributed by atoms with Crippen LogP contribution in [0.1, 0.15) is 0 Å². The zero-order chi connectivity index (χ0) is 4.50. The molecule has 0 aliphatic carbocycles. The van der Waals surface area contributed by atoms with Crippen molar-refractivity contribution in [2.45, 2.75) is 0 Å². The molecule has 0 rings (SSSR count). The molecule has 0 aromatic heterocycles. The van der Waals surface area contributed by atoms with Gasteiger partial charge in [-0.1, -0.05) is 0 Å². The fourth-order valence-electron chi connectivity index (χ4n) is 0.